The van der Waals surface area contributed by atoms with Crippen molar-refractivity contribution in [3.8, 4) is 5.75 Å². The second-order valence-electron chi connectivity index (χ2n) is 5.48. The maximum atomic E-state index is 11.1. The summed E-state index contributed by atoms with van der Waals surface area (Å²) in [6, 6.07) is 7.70. The van der Waals surface area contributed by atoms with Crippen molar-refractivity contribution in [1.29, 1.82) is 0 Å². The normalized spacial score (nSPS) is 13.7. The molecule has 0 unspecified atom stereocenters. The Labute approximate surface area is 147 Å². The first-order valence-electron chi connectivity index (χ1n) is 7.51. The van der Waals surface area contributed by atoms with Crippen LogP contribution in [0.2, 0.25) is 0 Å². The van der Waals surface area contributed by atoms with Gasteiger partial charge in [0.15, 0.2) is 0 Å². The van der Waals surface area contributed by atoms with E-state index >= 15 is 0 Å². The zero-order valence-corrected chi connectivity index (χ0v) is 14.8. The standard InChI is InChI=1S/C16H18BrN3O4/c1-23-12-4-2-11(3-5-12)9-24-10-13-15(17)14-8-19(16(21)22)6-7-20(14)18-13/h2-5H,6-10H2,1H3,(H,21,22). The van der Waals surface area contributed by atoms with Crippen molar-refractivity contribution >= 4 is 22.0 Å². The van der Waals surface area contributed by atoms with Crippen molar-refractivity contribution in [2.24, 2.45) is 0 Å². The molecule has 2 heterocycles. The number of fused-ring (bicyclic) bond motifs is 1. The molecule has 128 valence electrons. The molecule has 3 rings (SSSR count). The molecule has 1 amide bonds. The van der Waals surface area contributed by atoms with Crippen LogP contribution < -0.4 is 4.74 Å². The number of hydrogen-bond donors (Lipinski definition) is 1. The first-order chi connectivity index (χ1) is 11.6. The van der Waals surface area contributed by atoms with E-state index in [9.17, 15) is 4.79 Å². The Kier molecular flexibility index (Phi) is 5.06. The monoisotopic (exact) mass is 395 g/mol. The molecule has 0 saturated heterocycles. The molecular formula is C16H18BrN3O4. The van der Waals surface area contributed by atoms with E-state index in [4.69, 9.17) is 14.6 Å². The molecule has 0 spiro atoms. The van der Waals surface area contributed by atoms with Crippen LogP contribution in [-0.2, 0) is 31.0 Å². The molecule has 0 fully saturated rings. The molecule has 7 nitrogen and oxygen atoms in total. The maximum Gasteiger partial charge on any atom is 0.407 e. The highest BCUT2D eigenvalue weighted by Crippen LogP contribution is 2.26. The smallest absolute Gasteiger partial charge is 0.407 e. The summed E-state index contributed by atoms with van der Waals surface area (Å²) >= 11 is 3.52. The Morgan fingerprint density at radius 1 is 1.29 bits per heavy atom. The molecule has 1 aromatic heterocycles. The number of benzene rings is 1. The minimum atomic E-state index is -0.911. The van der Waals surface area contributed by atoms with Crippen LogP contribution in [0, 0.1) is 0 Å². The van der Waals surface area contributed by atoms with Gasteiger partial charge < -0.3 is 19.5 Å². The molecule has 0 aliphatic carbocycles. The fourth-order valence-corrected chi connectivity index (χ4v) is 3.11. The van der Waals surface area contributed by atoms with Gasteiger partial charge in [-0.05, 0) is 33.6 Å². The number of hydrogen-bond acceptors (Lipinski definition) is 4. The lowest BCUT2D eigenvalue weighted by Gasteiger charge is -2.25. The van der Waals surface area contributed by atoms with Crippen LogP contribution in [0.5, 0.6) is 5.75 Å². The van der Waals surface area contributed by atoms with E-state index in [2.05, 4.69) is 21.0 Å². The van der Waals surface area contributed by atoms with Gasteiger partial charge in [-0.25, -0.2) is 4.79 Å². The van der Waals surface area contributed by atoms with Crippen molar-refractivity contribution in [3.05, 3.63) is 45.7 Å². The number of methoxy groups -OCH3 is 1. The maximum absolute atomic E-state index is 11.1. The minimum absolute atomic E-state index is 0.335. The summed E-state index contributed by atoms with van der Waals surface area (Å²) in [5.41, 5.74) is 2.70. The lowest BCUT2D eigenvalue weighted by atomic mass is 10.2. The lowest BCUT2D eigenvalue weighted by Crippen LogP contribution is -2.37. The summed E-state index contributed by atoms with van der Waals surface area (Å²) in [7, 11) is 1.63. The quantitative estimate of drug-likeness (QED) is 0.841. The Bertz CT molecular complexity index is 730. The fraction of sp³-hybridized carbons (Fsp3) is 0.375. The van der Waals surface area contributed by atoms with Gasteiger partial charge in [-0.3, -0.25) is 4.68 Å². The summed E-state index contributed by atoms with van der Waals surface area (Å²) in [5.74, 6) is 0.811. The number of aromatic nitrogens is 2. The molecule has 24 heavy (non-hydrogen) atoms. The van der Waals surface area contributed by atoms with Gasteiger partial charge in [0.1, 0.15) is 11.4 Å². The van der Waals surface area contributed by atoms with Gasteiger partial charge in [0.05, 0.1) is 43.6 Å². The summed E-state index contributed by atoms with van der Waals surface area (Å²) < 4.78 is 13.5. The molecule has 0 saturated carbocycles. The number of rotatable bonds is 5. The lowest BCUT2D eigenvalue weighted by molar-refractivity contribution is 0.103. The van der Waals surface area contributed by atoms with E-state index in [-0.39, 0.29) is 0 Å². The van der Waals surface area contributed by atoms with Crippen LogP contribution in [-0.4, -0.2) is 39.5 Å². The third kappa shape index (κ3) is 3.54. The van der Waals surface area contributed by atoms with Crippen molar-refractivity contribution < 1.29 is 19.4 Å². The number of carboxylic acid groups (broad SMARTS) is 1. The van der Waals surface area contributed by atoms with Gasteiger partial charge in [-0.1, -0.05) is 12.1 Å². The van der Waals surface area contributed by atoms with E-state index in [1.807, 2.05) is 28.9 Å². The molecule has 2 aromatic rings. The summed E-state index contributed by atoms with van der Waals surface area (Å²) in [6.07, 6.45) is -0.911. The SMILES string of the molecule is COc1ccc(COCc2nn3c(c2Br)CN(C(=O)O)CC3)cc1. The second kappa shape index (κ2) is 7.23. The van der Waals surface area contributed by atoms with Crippen molar-refractivity contribution in [1.82, 2.24) is 14.7 Å². The fourth-order valence-electron chi connectivity index (χ4n) is 2.58. The molecule has 1 aliphatic heterocycles. The predicted octanol–water partition coefficient (Wildman–Crippen LogP) is 2.86. The summed E-state index contributed by atoms with van der Waals surface area (Å²) in [6.45, 7) is 2.17. The molecule has 0 atom stereocenters. The van der Waals surface area contributed by atoms with Gasteiger partial charge in [0.25, 0.3) is 0 Å². The van der Waals surface area contributed by atoms with E-state index in [1.54, 1.807) is 7.11 Å². The van der Waals surface area contributed by atoms with E-state index < -0.39 is 6.09 Å². The summed E-state index contributed by atoms with van der Waals surface area (Å²) in [5, 5.41) is 13.6. The summed E-state index contributed by atoms with van der Waals surface area (Å²) in [4.78, 5) is 12.5. The second-order valence-corrected chi connectivity index (χ2v) is 6.27. The molecule has 1 aromatic carbocycles. The van der Waals surface area contributed by atoms with Crippen molar-refractivity contribution in [2.75, 3.05) is 13.7 Å². The Balaban J connectivity index is 1.61. The Morgan fingerprint density at radius 3 is 2.71 bits per heavy atom. The molecule has 0 radical (unpaired) electrons. The van der Waals surface area contributed by atoms with Crippen LogP contribution in [0.15, 0.2) is 28.7 Å². The Hall–Kier alpha value is -2.06. The first kappa shape index (κ1) is 16.8. The number of nitrogens with zero attached hydrogens (tertiary/aromatic N) is 3. The minimum Gasteiger partial charge on any atom is -0.497 e. The van der Waals surface area contributed by atoms with E-state index in [0.29, 0.717) is 32.8 Å². The van der Waals surface area contributed by atoms with Crippen molar-refractivity contribution in [2.45, 2.75) is 26.3 Å². The highest BCUT2D eigenvalue weighted by Gasteiger charge is 2.25. The van der Waals surface area contributed by atoms with Crippen LogP contribution in [0.4, 0.5) is 4.79 Å². The highest BCUT2D eigenvalue weighted by molar-refractivity contribution is 9.10. The molecule has 0 bridgehead atoms. The van der Waals surface area contributed by atoms with Gasteiger partial charge in [-0.15, -0.1) is 0 Å². The van der Waals surface area contributed by atoms with Crippen LogP contribution in [0.25, 0.3) is 0 Å². The molecule has 8 heteroatoms. The van der Waals surface area contributed by atoms with Gasteiger partial charge in [0.2, 0.25) is 0 Å². The number of amides is 1. The Morgan fingerprint density at radius 2 is 2.04 bits per heavy atom. The number of ether oxygens (including phenoxy) is 2. The zero-order valence-electron chi connectivity index (χ0n) is 13.2. The molecular weight excluding hydrogens is 378 g/mol. The van der Waals surface area contributed by atoms with Crippen LogP contribution in [0.3, 0.4) is 0 Å². The molecule has 1 aliphatic rings. The average Bonchev–Trinajstić information content (AvgIpc) is 2.91. The van der Waals surface area contributed by atoms with Crippen LogP contribution in [0.1, 0.15) is 17.0 Å². The topological polar surface area (TPSA) is 76.8 Å². The average molecular weight is 396 g/mol. The first-order valence-corrected chi connectivity index (χ1v) is 8.30. The van der Waals surface area contributed by atoms with E-state index in [1.165, 1.54) is 4.90 Å². The highest BCUT2D eigenvalue weighted by atomic mass is 79.9. The molecule has 1 N–H and O–H groups in total. The third-order valence-electron chi connectivity index (χ3n) is 3.92. The third-order valence-corrected chi connectivity index (χ3v) is 4.83. The van der Waals surface area contributed by atoms with Crippen molar-refractivity contribution in [3.63, 3.8) is 0 Å². The largest absolute Gasteiger partial charge is 0.497 e. The van der Waals surface area contributed by atoms with Crippen LogP contribution >= 0.6 is 15.9 Å². The number of carbonyl (C=O) groups is 1. The van der Waals surface area contributed by atoms with Gasteiger partial charge >= 0.3 is 6.09 Å². The van der Waals surface area contributed by atoms with Gasteiger partial charge in [0, 0.05) is 6.54 Å². The van der Waals surface area contributed by atoms with E-state index in [0.717, 1.165) is 27.2 Å². The zero-order chi connectivity index (χ0) is 17.1. The predicted molar refractivity (Wildman–Crippen MR) is 89.8 cm³/mol. The van der Waals surface area contributed by atoms with Gasteiger partial charge in [-0.2, -0.15) is 5.10 Å². The number of halogens is 1.